The van der Waals surface area contributed by atoms with Gasteiger partial charge in [0.15, 0.2) is 0 Å². The molecule has 1 aliphatic rings. The van der Waals surface area contributed by atoms with Crippen LogP contribution in [-0.2, 0) is 14.3 Å². The summed E-state index contributed by atoms with van der Waals surface area (Å²) in [5, 5.41) is 8.67. The van der Waals surface area contributed by atoms with Gasteiger partial charge in [-0.3, -0.25) is 0 Å². The van der Waals surface area contributed by atoms with Crippen molar-refractivity contribution in [3.05, 3.63) is 0 Å². The lowest BCUT2D eigenvalue weighted by molar-refractivity contribution is -0.276. The zero-order valence-corrected chi connectivity index (χ0v) is 6.66. The molecular formula is C7H12O4. The van der Waals surface area contributed by atoms with Crippen molar-refractivity contribution in [2.45, 2.75) is 32.2 Å². The van der Waals surface area contributed by atoms with Crippen LogP contribution in [0.1, 0.15) is 20.3 Å². The van der Waals surface area contributed by atoms with Crippen molar-refractivity contribution in [3.8, 4) is 0 Å². The van der Waals surface area contributed by atoms with Gasteiger partial charge < -0.3 is 14.6 Å². The Morgan fingerprint density at radius 3 is 2.73 bits per heavy atom. The fourth-order valence-electron chi connectivity index (χ4n) is 1.01. The third kappa shape index (κ3) is 1.70. The molecule has 0 spiro atoms. The lowest BCUT2D eigenvalue weighted by atomic mass is 10.2. The van der Waals surface area contributed by atoms with Crippen LogP contribution in [0.2, 0.25) is 0 Å². The van der Waals surface area contributed by atoms with E-state index in [1.54, 1.807) is 0 Å². The molecule has 11 heavy (non-hydrogen) atoms. The molecule has 4 heteroatoms. The number of ether oxygens (including phenoxy) is 2. The van der Waals surface area contributed by atoms with Gasteiger partial charge in [-0.2, -0.15) is 0 Å². The summed E-state index contributed by atoms with van der Waals surface area (Å²) in [5.41, 5.74) is 0. The highest BCUT2D eigenvalue weighted by molar-refractivity contribution is 5.75. The summed E-state index contributed by atoms with van der Waals surface area (Å²) in [5.74, 6) is -2.50. The molecule has 1 heterocycles. The van der Waals surface area contributed by atoms with Gasteiger partial charge in [-0.15, -0.1) is 0 Å². The molecule has 0 aliphatic carbocycles. The highest BCUT2D eigenvalue weighted by atomic mass is 16.7. The monoisotopic (exact) mass is 160 g/mol. The van der Waals surface area contributed by atoms with Gasteiger partial charge in [-0.25, -0.2) is 4.79 Å². The second-order valence-electron chi connectivity index (χ2n) is 2.82. The molecule has 1 saturated heterocycles. The van der Waals surface area contributed by atoms with Gasteiger partial charge in [0.25, 0.3) is 5.79 Å². The summed E-state index contributed by atoms with van der Waals surface area (Å²) in [6.45, 7) is 3.71. The Bertz CT molecular complexity index is 168. The molecule has 0 aromatic carbocycles. The molecule has 0 bridgehead atoms. The normalized spacial score (nSPS) is 38.5. The summed E-state index contributed by atoms with van der Waals surface area (Å²) in [4.78, 5) is 10.6. The molecule has 2 atom stereocenters. The first kappa shape index (κ1) is 8.49. The van der Waals surface area contributed by atoms with E-state index in [1.807, 2.05) is 6.92 Å². The Morgan fingerprint density at radius 2 is 2.36 bits per heavy atom. The molecule has 1 rings (SSSR count). The number of rotatable bonds is 1. The first-order valence-corrected chi connectivity index (χ1v) is 3.60. The van der Waals surface area contributed by atoms with Crippen molar-refractivity contribution in [3.63, 3.8) is 0 Å². The molecule has 0 saturated carbocycles. The molecule has 0 aromatic heterocycles. The third-order valence-corrected chi connectivity index (χ3v) is 1.72. The fraction of sp³-hybridized carbons (Fsp3) is 0.857. The Kier molecular flexibility index (Phi) is 2.15. The minimum Gasteiger partial charge on any atom is -0.477 e. The van der Waals surface area contributed by atoms with Crippen LogP contribution in [-0.4, -0.2) is 29.6 Å². The van der Waals surface area contributed by atoms with E-state index in [2.05, 4.69) is 0 Å². The third-order valence-electron chi connectivity index (χ3n) is 1.72. The predicted octanol–water partition coefficient (Wildman–Crippen LogP) is 0.613. The van der Waals surface area contributed by atoms with Crippen LogP contribution >= 0.6 is 0 Å². The van der Waals surface area contributed by atoms with E-state index in [-0.39, 0.29) is 6.10 Å². The molecule has 0 aromatic rings. The minimum atomic E-state index is -1.43. The van der Waals surface area contributed by atoms with Crippen molar-refractivity contribution in [2.75, 3.05) is 6.61 Å². The van der Waals surface area contributed by atoms with Crippen LogP contribution in [0.5, 0.6) is 0 Å². The van der Waals surface area contributed by atoms with Crippen LogP contribution in [0.3, 0.4) is 0 Å². The average Bonchev–Trinajstić information content (AvgIpc) is 1.86. The number of carboxylic acid groups (broad SMARTS) is 1. The lowest BCUT2D eigenvalue weighted by Gasteiger charge is -2.33. The second kappa shape index (κ2) is 2.79. The van der Waals surface area contributed by atoms with Crippen molar-refractivity contribution < 1.29 is 19.4 Å². The SMILES string of the molecule is C[C@@H]1CCO[C@@](C)(C(=O)O)O1. The van der Waals surface area contributed by atoms with E-state index in [0.717, 1.165) is 6.42 Å². The quantitative estimate of drug-likeness (QED) is 0.610. The Balaban J connectivity index is 2.63. The number of hydrogen-bond donors (Lipinski definition) is 1. The molecule has 0 radical (unpaired) electrons. The van der Waals surface area contributed by atoms with Gasteiger partial charge in [-0.1, -0.05) is 0 Å². The summed E-state index contributed by atoms with van der Waals surface area (Å²) in [7, 11) is 0. The maximum atomic E-state index is 10.6. The van der Waals surface area contributed by atoms with Crippen LogP contribution in [0.4, 0.5) is 0 Å². The van der Waals surface area contributed by atoms with Gasteiger partial charge in [0.1, 0.15) is 0 Å². The van der Waals surface area contributed by atoms with Crippen molar-refractivity contribution in [1.29, 1.82) is 0 Å². The molecule has 1 aliphatic heterocycles. The molecule has 1 N–H and O–H groups in total. The van der Waals surface area contributed by atoms with Gasteiger partial charge in [0.2, 0.25) is 0 Å². The summed E-state index contributed by atoms with van der Waals surface area (Å²) in [6, 6.07) is 0. The smallest absolute Gasteiger partial charge is 0.364 e. The zero-order valence-electron chi connectivity index (χ0n) is 6.66. The van der Waals surface area contributed by atoms with Crippen molar-refractivity contribution in [2.24, 2.45) is 0 Å². The summed E-state index contributed by atoms with van der Waals surface area (Å²) in [6.07, 6.45) is 0.716. The molecule has 1 fully saturated rings. The highest BCUT2D eigenvalue weighted by Crippen LogP contribution is 2.22. The predicted molar refractivity (Wildman–Crippen MR) is 37.2 cm³/mol. The summed E-state index contributed by atoms with van der Waals surface area (Å²) >= 11 is 0. The second-order valence-corrected chi connectivity index (χ2v) is 2.82. The maximum absolute atomic E-state index is 10.6. The zero-order chi connectivity index (χ0) is 8.48. The van der Waals surface area contributed by atoms with E-state index in [4.69, 9.17) is 14.6 Å². The highest BCUT2D eigenvalue weighted by Gasteiger charge is 2.39. The first-order chi connectivity index (χ1) is 5.04. The van der Waals surface area contributed by atoms with E-state index < -0.39 is 11.8 Å². The van der Waals surface area contributed by atoms with Crippen LogP contribution in [0.15, 0.2) is 0 Å². The lowest BCUT2D eigenvalue weighted by Crippen LogP contribution is -2.47. The summed E-state index contributed by atoms with van der Waals surface area (Å²) < 4.78 is 10.1. The molecule has 4 nitrogen and oxygen atoms in total. The minimum absolute atomic E-state index is 0.0372. The van der Waals surface area contributed by atoms with Crippen LogP contribution in [0, 0.1) is 0 Å². The van der Waals surface area contributed by atoms with Gasteiger partial charge >= 0.3 is 5.97 Å². The van der Waals surface area contributed by atoms with Gasteiger partial charge in [0, 0.05) is 6.92 Å². The van der Waals surface area contributed by atoms with E-state index in [9.17, 15) is 4.79 Å². The van der Waals surface area contributed by atoms with Crippen molar-refractivity contribution >= 4 is 5.97 Å². The Labute approximate surface area is 65.1 Å². The maximum Gasteiger partial charge on any atom is 0.364 e. The molecule has 0 unspecified atom stereocenters. The first-order valence-electron chi connectivity index (χ1n) is 3.60. The molecule has 64 valence electrons. The number of carboxylic acids is 1. The number of hydrogen-bond acceptors (Lipinski definition) is 3. The van der Waals surface area contributed by atoms with Crippen LogP contribution < -0.4 is 0 Å². The van der Waals surface area contributed by atoms with Gasteiger partial charge in [0.05, 0.1) is 12.7 Å². The van der Waals surface area contributed by atoms with E-state index >= 15 is 0 Å². The van der Waals surface area contributed by atoms with Crippen molar-refractivity contribution in [1.82, 2.24) is 0 Å². The number of carbonyl (C=O) groups is 1. The average molecular weight is 160 g/mol. The van der Waals surface area contributed by atoms with Gasteiger partial charge in [-0.05, 0) is 13.3 Å². The van der Waals surface area contributed by atoms with E-state index in [1.165, 1.54) is 6.92 Å². The van der Waals surface area contributed by atoms with Crippen LogP contribution in [0.25, 0.3) is 0 Å². The largest absolute Gasteiger partial charge is 0.477 e. The number of aliphatic carboxylic acids is 1. The standard InChI is InChI=1S/C7H12O4/c1-5-3-4-10-7(2,11-5)6(8)9/h5H,3-4H2,1-2H3,(H,8,9)/t5-,7-/m1/s1. The van der Waals surface area contributed by atoms with E-state index in [0.29, 0.717) is 6.61 Å². The Morgan fingerprint density at radius 1 is 1.73 bits per heavy atom. The fourth-order valence-corrected chi connectivity index (χ4v) is 1.01. The molecular weight excluding hydrogens is 148 g/mol. The molecule has 0 amide bonds. The topological polar surface area (TPSA) is 55.8 Å². The Hall–Kier alpha value is -0.610.